The molecule has 3 aromatic rings. The van der Waals surface area contributed by atoms with Gasteiger partial charge in [0.2, 0.25) is 5.88 Å². The lowest BCUT2D eigenvalue weighted by Gasteiger charge is -2.40. The SMILES string of the molecule is CCCC1(CCc2ccccc2)CC(=O)C(C(CC)c2cccc(NS(=O)Oc3ccc(C(F)(F)F)cn3)c2)C(=O)O1. The van der Waals surface area contributed by atoms with E-state index in [0.29, 0.717) is 43.1 Å². The van der Waals surface area contributed by atoms with Crippen molar-refractivity contribution in [3.8, 4) is 5.88 Å². The van der Waals surface area contributed by atoms with Crippen LogP contribution in [0.1, 0.15) is 68.6 Å². The third-order valence-electron chi connectivity index (χ3n) is 7.41. The van der Waals surface area contributed by atoms with E-state index in [2.05, 4.69) is 9.71 Å². The number of hydrogen-bond acceptors (Lipinski definition) is 6. The molecular weight excluding hydrogens is 569 g/mol. The summed E-state index contributed by atoms with van der Waals surface area (Å²) in [7, 11) is 0. The van der Waals surface area contributed by atoms with Gasteiger partial charge in [-0.05, 0) is 55.0 Å². The lowest BCUT2D eigenvalue weighted by Crippen LogP contribution is -2.49. The Morgan fingerprint density at radius 1 is 1.07 bits per heavy atom. The van der Waals surface area contributed by atoms with Gasteiger partial charge in [-0.3, -0.25) is 14.3 Å². The van der Waals surface area contributed by atoms with Gasteiger partial charge in [0.25, 0.3) is 0 Å². The molecule has 0 bridgehead atoms. The summed E-state index contributed by atoms with van der Waals surface area (Å²) >= 11 is -2.18. The van der Waals surface area contributed by atoms with Gasteiger partial charge < -0.3 is 8.92 Å². The molecule has 1 aromatic heterocycles. The van der Waals surface area contributed by atoms with Crippen LogP contribution in [0.2, 0.25) is 0 Å². The zero-order valence-corrected chi connectivity index (χ0v) is 24.2. The van der Waals surface area contributed by atoms with E-state index in [0.717, 1.165) is 24.1 Å². The Labute approximate surface area is 245 Å². The number of pyridine rings is 1. The summed E-state index contributed by atoms with van der Waals surface area (Å²) in [5.41, 5.74) is 0.374. The average Bonchev–Trinajstić information content (AvgIpc) is 2.94. The van der Waals surface area contributed by atoms with Gasteiger partial charge in [-0.15, -0.1) is 0 Å². The number of benzene rings is 2. The summed E-state index contributed by atoms with van der Waals surface area (Å²) in [6, 6.07) is 18.4. The molecule has 2 heterocycles. The minimum atomic E-state index is -4.55. The van der Waals surface area contributed by atoms with Crippen LogP contribution in [-0.4, -0.2) is 26.5 Å². The molecule has 4 atom stereocenters. The number of anilines is 1. The molecule has 7 nitrogen and oxygen atoms in total. The molecule has 1 N–H and O–H groups in total. The second-order valence-electron chi connectivity index (χ2n) is 10.4. The molecule has 0 amide bonds. The predicted molar refractivity (Wildman–Crippen MR) is 153 cm³/mol. The van der Waals surface area contributed by atoms with Crippen LogP contribution < -0.4 is 8.91 Å². The van der Waals surface area contributed by atoms with Crippen molar-refractivity contribution in [3.63, 3.8) is 0 Å². The summed E-state index contributed by atoms with van der Waals surface area (Å²) in [6.07, 6.45) is -0.707. The van der Waals surface area contributed by atoms with Crippen molar-refractivity contribution in [2.75, 3.05) is 4.72 Å². The molecule has 42 heavy (non-hydrogen) atoms. The maximum Gasteiger partial charge on any atom is 0.417 e. The quantitative estimate of drug-likeness (QED) is 0.178. The first-order valence-electron chi connectivity index (χ1n) is 13.8. The van der Waals surface area contributed by atoms with Crippen LogP contribution in [0.25, 0.3) is 0 Å². The predicted octanol–water partition coefficient (Wildman–Crippen LogP) is 6.97. The maximum atomic E-state index is 13.6. The summed E-state index contributed by atoms with van der Waals surface area (Å²) in [5.74, 6) is -2.37. The first-order valence-corrected chi connectivity index (χ1v) is 14.9. The van der Waals surface area contributed by atoms with Gasteiger partial charge in [-0.1, -0.05) is 62.7 Å². The van der Waals surface area contributed by atoms with Crippen LogP contribution in [0.5, 0.6) is 5.88 Å². The number of carbonyl (C=O) groups is 2. The summed E-state index contributed by atoms with van der Waals surface area (Å²) < 4.78 is 64.6. The van der Waals surface area contributed by atoms with Gasteiger partial charge in [0.1, 0.15) is 11.5 Å². The average molecular weight is 603 g/mol. The number of Topliss-reactive ketones (excluding diaryl/α,β-unsaturated/α-hetero) is 1. The number of aryl methyl sites for hydroxylation is 1. The van der Waals surface area contributed by atoms with Crippen molar-refractivity contribution >= 4 is 28.7 Å². The highest BCUT2D eigenvalue weighted by atomic mass is 32.2. The molecule has 11 heteroatoms. The Kier molecular flexibility index (Phi) is 10.0. The van der Waals surface area contributed by atoms with Crippen LogP contribution in [0.4, 0.5) is 18.9 Å². The highest BCUT2D eigenvalue weighted by molar-refractivity contribution is 7.81. The highest BCUT2D eigenvalue weighted by Gasteiger charge is 2.48. The van der Waals surface area contributed by atoms with Crippen LogP contribution in [-0.2, 0) is 38.2 Å². The minimum Gasteiger partial charge on any atom is -0.458 e. The number of esters is 1. The van der Waals surface area contributed by atoms with Gasteiger partial charge in [0.05, 0.1) is 5.56 Å². The molecule has 0 aliphatic carbocycles. The number of carbonyl (C=O) groups excluding carboxylic acids is 2. The van der Waals surface area contributed by atoms with E-state index >= 15 is 0 Å². The molecule has 0 radical (unpaired) electrons. The Bertz CT molecular complexity index is 1380. The second-order valence-corrected chi connectivity index (χ2v) is 11.2. The summed E-state index contributed by atoms with van der Waals surface area (Å²) in [4.78, 5) is 30.6. The molecule has 1 saturated heterocycles. The molecule has 2 aromatic carbocycles. The Morgan fingerprint density at radius 3 is 2.45 bits per heavy atom. The first-order chi connectivity index (χ1) is 20.0. The number of ketones is 1. The van der Waals surface area contributed by atoms with Gasteiger partial charge in [0.15, 0.2) is 5.78 Å². The van der Waals surface area contributed by atoms with Crippen molar-refractivity contribution < 1.29 is 35.9 Å². The third kappa shape index (κ3) is 7.76. The van der Waals surface area contributed by atoms with Gasteiger partial charge in [-0.25, -0.2) is 4.98 Å². The largest absolute Gasteiger partial charge is 0.458 e. The lowest BCUT2D eigenvalue weighted by atomic mass is 9.74. The van der Waals surface area contributed by atoms with E-state index in [1.54, 1.807) is 24.3 Å². The van der Waals surface area contributed by atoms with Crippen molar-refractivity contribution in [1.82, 2.24) is 4.98 Å². The molecule has 1 aliphatic heterocycles. The fourth-order valence-corrected chi connectivity index (χ4v) is 6.04. The zero-order chi connectivity index (χ0) is 30.3. The van der Waals surface area contributed by atoms with Crippen LogP contribution in [0.3, 0.4) is 0 Å². The summed E-state index contributed by atoms with van der Waals surface area (Å²) in [6.45, 7) is 3.88. The molecule has 224 valence electrons. The van der Waals surface area contributed by atoms with Crippen LogP contribution >= 0.6 is 0 Å². The lowest BCUT2D eigenvalue weighted by molar-refractivity contribution is -0.180. The van der Waals surface area contributed by atoms with E-state index in [1.165, 1.54) is 0 Å². The van der Waals surface area contributed by atoms with Crippen molar-refractivity contribution in [2.24, 2.45) is 5.92 Å². The molecule has 0 spiro atoms. The van der Waals surface area contributed by atoms with Gasteiger partial charge >= 0.3 is 23.4 Å². The van der Waals surface area contributed by atoms with Crippen molar-refractivity contribution in [2.45, 2.75) is 70.1 Å². The Morgan fingerprint density at radius 2 is 1.83 bits per heavy atom. The number of nitrogens with zero attached hydrogens (tertiary/aromatic N) is 1. The molecule has 1 aliphatic rings. The van der Waals surface area contributed by atoms with E-state index in [-0.39, 0.29) is 18.1 Å². The monoisotopic (exact) mass is 602 g/mol. The van der Waals surface area contributed by atoms with Crippen LogP contribution in [0, 0.1) is 5.92 Å². The molecule has 1 fully saturated rings. The number of halogens is 3. The molecular formula is C31H33F3N2O5S. The van der Waals surface area contributed by atoms with E-state index in [1.807, 2.05) is 44.2 Å². The van der Waals surface area contributed by atoms with Crippen molar-refractivity contribution in [3.05, 3.63) is 89.6 Å². The van der Waals surface area contributed by atoms with Crippen LogP contribution in [0.15, 0.2) is 72.9 Å². The number of hydrogen-bond donors (Lipinski definition) is 1. The van der Waals surface area contributed by atoms with E-state index < -0.39 is 46.4 Å². The van der Waals surface area contributed by atoms with E-state index in [4.69, 9.17) is 8.92 Å². The summed E-state index contributed by atoms with van der Waals surface area (Å²) in [5, 5.41) is 0. The maximum absolute atomic E-state index is 13.6. The second kappa shape index (κ2) is 13.5. The number of aromatic nitrogens is 1. The number of alkyl halides is 3. The van der Waals surface area contributed by atoms with E-state index in [9.17, 15) is 27.0 Å². The van der Waals surface area contributed by atoms with Gasteiger partial charge in [0, 0.05) is 30.3 Å². The zero-order valence-electron chi connectivity index (χ0n) is 23.4. The molecule has 4 unspecified atom stereocenters. The first kappa shape index (κ1) is 31.2. The normalized spacial score (nSPS) is 20.5. The smallest absolute Gasteiger partial charge is 0.417 e. The standard InChI is InChI=1S/C31H33F3N2O5S/c1-3-16-30(17-15-21-9-6-5-7-10-21)19-26(37)28(29(38)40-30)25(4-2)22-11-8-12-24(18-22)36-42(39)41-27-14-13-23(20-35-27)31(32,33)34/h5-14,18,20,25,28,36H,3-4,15-17,19H2,1-2H3. The number of ether oxygens (including phenoxy) is 1. The minimum absolute atomic E-state index is 0.149. The fraction of sp³-hybridized carbons (Fsp3) is 0.387. The molecule has 0 saturated carbocycles. The molecule has 4 rings (SSSR count). The Balaban J connectivity index is 1.44. The topological polar surface area (TPSA) is 94.6 Å². The highest BCUT2D eigenvalue weighted by Crippen LogP contribution is 2.41. The number of rotatable bonds is 12. The number of cyclic esters (lactones) is 1. The number of nitrogens with one attached hydrogen (secondary N) is 1. The fourth-order valence-electron chi connectivity index (χ4n) is 5.43. The van der Waals surface area contributed by atoms with Crippen molar-refractivity contribution in [1.29, 1.82) is 0 Å². The Hall–Kier alpha value is -3.73. The third-order valence-corrected chi connectivity index (χ3v) is 8.14. The van der Waals surface area contributed by atoms with Gasteiger partial charge in [-0.2, -0.15) is 17.4 Å².